The lowest BCUT2D eigenvalue weighted by molar-refractivity contribution is -0.304. The van der Waals surface area contributed by atoms with Crippen molar-refractivity contribution in [3.05, 3.63) is 35.9 Å². The maximum Gasteiger partial charge on any atom is 0.303 e. The Kier molecular flexibility index (Phi) is 8.56. The first-order chi connectivity index (χ1) is 13.8. The highest BCUT2D eigenvalue weighted by Gasteiger charge is 2.52. The van der Waals surface area contributed by atoms with E-state index in [9.17, 15) is 14.4 Å². The molecule has 0 aromatic heterocycles. The first kappa shape index (κ1) is 22.8. The minimum atomic E-state index is -1.12. The van der Waals surface area contributed by atoms with Gasteiger partial charge in [0.15, 0.2) is 24.6 Å². The Balaban J connectivity index is 2.21. The molecule has 0 saturated carbocycles. The average molecular weight is 410 g/mol. The molecule has 5 atom stereocenters. The zero-order valence-electron chi connectivity index (χ0n) is 16.9. The molecule has 29 heavy (non-hydrogen) atoms. The molecule has 1 heterocycles. The smallest absolute Gasteiger partial charge is 0.303 e. The van der Waals surface area contributed by atoms with E-state index in [1.165, 1.54) is 27.9 Å². The summed E-state index contributed by atoms with van der Waals surface area (Å²) in [5, 5.41) is 0. The second kappa shape index (κ2) is 10.9. The molecule has 0 spiro atoms. The molecule has 0 bridgehead atoms. The Bertz CT molecular complexity index is 690. The van der Waals surface area contributed by atoms with Crippen LogP contribution in [0.25, 0.3) is 0 Å². The highest BCUT2D eigenvalue weighted by molar-refractivity contribution is 5.68. The predicted molar refractivity (Wildman–Crippen MR) is 98.4 cm³/mol. The molecular weight excluding hydrogens is 384 g/mol. The Labute approximate surface area is 169 Å². The van der Waals surface area contributed by atoms with E-state index < -0.39 is 48.6 Å². The Hall–Kier alpha value is -2.49. The van der Waals surface area contributed by atoms with Crippen molar-refractivity contribution < 1.29 is 42.8 Å². The largest absolute Gasteiger partial charge is 0.456 e. The van der Waals surface area contributed by atoms with Crippen LogP contribution in [-0.2, 0) is 49.4 Å². The van der Waals surface area contributed by atoms with Gasteiger partial charge in [0.1, 0.15) is 6.10 Å². The van der Waals surface area contributed by atoms with Gasteiger partial charge in [0.25, 0.3) is 0 Å². The number of ether oxygens (including phenoxy) is 6. The lowest BCUT2D eigenvalue weighted by Crippen LogP contribution is -2.62. The lowest BCUT2D eigenvalue weighted by Gasteiger charge is -2.43. The fourth-order valence-electron chi connectivity index (χ4n) is 3.05. The van der Waals surface area contributed by atoms with Gasteiger partial charge in [0.05, 0.1) is 13.2 Å². The van der Waals surface area contributed by atoms with E-state index in [1.54, 1.807) is 0 Å². The Morgan fingerprint density at radius 2 is 1.41 bits per heavy atom. The topological polar surface area (TPSA) is 107 Å². The zero-order chi connectivity index (χ0) is 21.4. The lowest BCUT2D eigenvalue weighted by atomic mass is 9.98. The van der Waals surface area contributed by atoms with Crippen LogP contribution in [0.15, 0.2) is 30.3 Å². The number of esters is 3. The van der Waals surface area contributed by atoms with E-state index in [2.05, 4.69) is 0 Å². The SMILES string of the molecule is CO[C@@H]1O[C@H](COCc2ccccc2)[C@@H](OC(C)=O)[C@H](OC(C)=O)[C@H]1OC(C)=O. The average Bonchev–Trinajstić information content (AvgIpc) is 2.65. The van der Waals surface area contributed by atoms with Crippen molar-refractivity contribution in [1.82, 2.24) is 0 Å². The quantitative estimate of drug-likeness (QED) is 0.464. The molecular formula is C20H26O9. The molecule has 1 aromatic carbocycles. The predicted octanol–water partition coefficient (Wildman–Crippen LogP) is 1.37. The minimum absolute atomic E-state index is 0.0251. The Morgan fingerprint density at radius 1 is 0.862 bits per heavy atom. The summed E-state index contributed by atoms with van der Waals surface area (Å²) < 4.78 is 32.7. The van der Waals surface area contributed by atoms with Crippen molar-refractivity contribution in [2.75, 3.05) is 13.7 Å². The van der Waals surface area contributed by atoms with Crippen molar-refractivity contribution >= 4 is 17.9 Å². The number of carbonyl (C=O) groups excluding carboxylic acids is 3. The molecule has 0 radical (unpaired) electrons. The third-order valence-corrected chi connectivity index (χ3v) is 4.12. The molecule has 0 N–H and O–H groups in total. The maximum absolute atomic E-state index is 11.7. The molecule has 0 amide bonds. The van der Waals surface area contributed by atoms with Gasteiger partial charge >= 0.3 is 17.9 Å². The number of rotatable bonds is 8. The van der Waals surface area contributed by atoms with Crippen molar-refractivity contribution in [3.63, 3.8) is 0 Å². The van der Waals surface area contributed by atoms with Crippen LogP contribution in [-0.4, -0.2) is 62.3 Å². The molecule has 1 aliphatic rings. The summed E-state index contributed by atoms with van der Waals surface area (Å²) >= 11 is 0. The molecule has 0 unspecified atom stereocenters. The second-order valence-electron chi connectivity index (χ2n) is 6.50. The molecule has 1 fully saturated rings. The standard InChI is InChI=1S/C20H26O9/c1-12(21)26-17-16(11-25-10-15-8-6-5-7-9-15)29-20(24-4)19(28-14(3)23)18(17)27-13(2)22/h5-9,16-20H,10-11H2,1-4H3/t16-,17-,18+,19-,20-/m1/s1. The molecule has 1 aromatic rings. The summed E-state index contributed by atoms with van der Waals surface area (Å²) in [5.41, 5.74) is 0.949. The van der Waals surface area contributed by atoms with Crippen molar-refractivity contribution in [1.29, 1.82) is 0 Å². The molecule has 2 rings (SSSR count). The molecule has 0 aliphatic carbocycles. The third kappa shape index (κ3) is 6.81. The van der Waals surface area contributed by atoms with E-state index in [0.29, 0.717) is 6.61 Å². The molecule has 1 saturated heterocycles. The van der Waals surface area contributed by atoms with Crippen molar-refractivity contribution in [3.8, 4) is 0 Å². The van der Waals surface area contributed by atoms with Crippen LogP contribution in [0.5, 0.6) is 0 Å². The third-order valence-electron chi connectivity index (χ3n) is 4.12. The van der Waals surface area contributed by atoms with E-state index in [0.717, 1.165) is 5.56 Å². The zero-order valence-corrected chi connectivity index (χ0v) is 16.9. The monoisotopic (exact) mass is 410 g/mol. The molecule has 1 aliphatic heterocycles. The van der Waals surface area contributed by atoms with E-state index in [4.69, 9.17) is 28.4 Å². The van der Waals surface area contributed by atoms with Crippen LogP contribution in [0.3, 0.4) is 0 Å². The van der Waals surface area contributed by atoms with E-state index >= 15 is 0 Å². The van der Waals surface area contributed by atoms with Crippen LogP contribution in [0, 0.1) is 0 Å². The van der Waals surface area contributed by atoms with Gasteiger partial charge in [-0.3, -0.25) is 14.4 Å². The summed E-state index contributed by atoms with van der Waals surface area (Å²) in [4.78, 5) is 34.9. The van der Waals surface area contributed by atoms with Gasteiger partial charge in [-0.15, -0.1) is 0 Å². The van der Waals surface area contributed by atoms with Gasteiger partial charge in [-0.1, -0.05) is 30.3 Å². The molecule has 9 nitrogen and oxygen atoms in total. The van der Waals surface area contributed by atoms with Crippen LogP contribution in [0.1, 0.15) is 26.3 Å². The number of carbonyl (C=O) groups is 3. The first-order valence-corrected chi connectivity index (χ1v) is 9.13. The fraction of sp³-hybridized carbons (Fsp3) is 0.550. The van der Waals surface area contributed by atoms with Gasteiger partial charge < -0.3 is 28.4 Å². The fourth-order valence-corrected chi connectivity index (χ4v) is 3.05. The molecule has 9 heteroatoms. The van der Waals surface area contributed by atoms with Crippen molar-refractivity contribution in [2.45, 2.75) is 58.1 Å². The highest BCUT2D eigenvalue weighted by atomic mass is 16.7. The Morgan fingerprint density at radius 3 is 1.97 bits per heavy atom. The summed E-state index contributed by atoms with van der Waals surface area (Å²) in [6.45, 7) is 3.95. The maximum atomic E-state index is 11.7. The number of hydrogen-bond donors (Lipinski definition) is 0. The van der Waals surface area contributed by atoms with Gasteiger partial charge in [0.2, 0.25) is 0 Å². The van der Waals surface area contributed by atoms with Crippen LogP contribution in [0.4, 0.5) is 0 Å². The normalized spacial score (nSPS) is 26.4. The van der Waals surface area contributed by atoms with Gasteiger partial charge in [-0.25, -0.2) is 0 Å². The van der Waals surface area contributed by atoms with Crippen LogP contribution in [0.2, 0.25) is 0 Å². The van der Waals surface area contributed by atoms with Crippen LogP contribution >= 0.6 is 0 Å². The summed E-state index contributed by atoms with van der Waals surface area (Å²) in [5.74, 6) is -1.87. The highest BCUT2D eigenvalue weighted by Crippen LogP contribution is 2.29. The van der Waals surface area contributed by atoms with Crippen LogP contribution < -0.4 is 0 Å². The summed E-state index contributed by atoms with van der Waals surface area (Å²) in [7, 11) is 1.36. The number of hydrogen-bond acceptors (Lipinski definition) is 9. The van der Waals surface area contributed by atoms with Gasteiger partial charge in [-0.2, -0.15) is 0 Å². The van der Waals surface area contributed by atoms with E-state index in [1.807, 2.05) is 30.3 Å². The van der Waals surface area contributed by atoms with Gasteiger partial charge in [-0.05, 0) is 5.56 Å². The summed E-state index contributed by atoms with van der Waals surface area (Å²) in [6.07, 6.45) is -5.15. The van der Waals surface area contributed by atoms with E-state index in [-0.39, 0.29) is 6.61 Å². The summed E-state index contributed by atoms with van der Waals surface area (Å²) in [6, 6.07) is 9.48. The number of benzene rings is 1. The minimum Gasteiger partial charge on any atom is -0.456 e. The number of methoxy groups -OCH3 is 1. The molecule has 160 valence electrons. The van der Waals surface area contributed by atoms with Crippen molar-refractivity contribution in [2.24, 2.45) is 0 Å². The van der Waals surface area contributed by atoms with Gasteiger partial charge in [0, 0.05) is 27.9 Å². The first-order valence-electron chi connectivity index (χ1n) is 9.13. The second-order valence-corrected chi connectivity index (χ2v) is 6.50.